The summed E-state index contributed by atoms with van der Waals surface area (Å²) in [6, 6.07) is 13.1. The Morgan fingerprint density at radius 1 is 1.26 bits per heavy atom. The molecule has 0 saturated heterocycles. The van der Waals surface area contributed by atoms with Gasteiger partial charge in [-0.1, -0.05) is 30.3 Å². The molecule has 98 valence electrons. The summed E-state index contributed by atoms with van der Waals surface area (Å²) in [6.07, 6.45) is 1.57. The lowest BCUT2D eigenvalue weighted by molar-refractivity contribution is 0.0951. The van der Waals surface area contributed by atoms with Gasteiger partial charge in [-0.05, 0) is 24.6 Å². The van der Waals surface area contributed by atoms with Gasteiger partial charge in [0.1, 0.15) is 0 Å². The highest BCUT2D eigenvalue weighted by molar-refractivity contribution is 5.93. The molecule has 1 unspecified atom stereocenters. The number of pyridine rings is 1. The third-order valence-electron chi connectivity index (χ3n) is 2.88. The number of nitrogens with zero attached hydrogens (tertiary/aromatic N) is 1. The molecule has 3 N–H and O–H groups in total. The molecule has 2 rings (SSSR count). The van der Waals surface area contributed by atoms with E-state index in [2.05, 4.69) is 10.3 Å². The van der Waals surface area contributed by atoms with Crippen molar-refractivity contribution in [2.24, 2.45) is 5.73 Å². The lowest BCUT2D eigenvalue weighted by Crippen LogP contribution is -2.31. The van der Waals surface area contributed by atoms with E-state index in [-0.39, 0.29) is 11.9 Å². The van der Waals surface area contributed by atoms with E-state index in [4.69, 9.17) is 5.73 Å². The van der Waals surface area contributed by atoms with Crippen LogP contribution in [0.25, 0.3) is 0 Å². The van der Waals surface area contributed by atoms with Gasteiger partial charge in [0.15, 0.2) is 0 Å². The number of hydrogen-bond donors (Lipinski definition) is 2. The molecule has 4 nitrogen and oxygen atoms in total. The van der Waals surface area contributed by atoms with Crippen LogP contribution in [0.15, 0.2) is 48.7 Å². The predicted octanol–water partition coefficient (Wildman–Crippen LogP) is 1.82. The lowest BCUT2D eigenvalue weighted by atomic mass is 10.1. The molecule has 0 saturated carbocycles. The first-order valence-corrected chi connectivity index (χ1v) is 6.18. The Morgan fingerprint density at radius 2 is 2.00 bits per heavy atom. The summed E-state index contributed by atoms with van der Waals surface area (Å²) in [6.45, 7) is 2.28. The minimum absolute atomic E-state index is 0.154. The van der Waals surface area contributed by atoms with E-state index in [1.807, 2.05) is 43.3 Å². The highest BCUT2D eigenvalue weighted by Gasteiger charge is 2.09. The number of benzene rings is 1. The van der Waals surface area contributed by atoms with Gasteiger partial charge in [0.25, 0.3) is 5.91 Å². The zero-order chi connectivity index (χ0) is 13.7. The van der Waals surface area contributed by atoms with E-state index in [0.29, 0.717) is 12.1 Å². The normalized spacial score (nSPS) is 11.9. The summed E-state index contributed by atoms with van der Waals surface area (Å²) in [5.74, 6) is -0.154. The second-order valence-electron chi connectivity index (χ2n) is 4.42. The number of carbonyl (C=O) groups excluding carboxylic acids is 1. The minimum atomic E-state index is -0.205. The maximum absolute atomic E-state index is 11.9. The van der Waals surface area contributed by atoms with Gasteiger partial charge in [0.2, 0.25) is 0 Å². The molecular weight excluding hydrogens is 238 g/mol. The standard InChI is InChI=1S/C15H17N3O/c1-11-7-8-13(9-17-11)15(19)18-10-14(16)12-5-3-2-4-6-12/h2-9,14H,10,16H2,1H3,(H,18,19). The summed E-state index contributed by atoms with van der Waals surface area (Å²) < 4.78 is 0. The van der Waals surface area contributed by atoms with Crippen molar-refractivity contribution in [2.45, 2.75) is 13.0 Å². The molecule has 4 heteroatoms. The molecule has 1 atom stereocenters. The van der Waals surface area contributed by atoms with Crippen molar-refractivity contribution in [1.29, 1.82) is 0 Å². The number of hydrogen-bond acceptors (Lipinski definition) is 3. The minimum Gasteiger partial charge on any atom is -0.350 e. The fraction of sp³-hybridized carbons (Fsp3) is 0.200. The molecule has 0 spiro atoms. The van der Waals surface area contributed by atoms with Crippen LogP contribution in [0.2, 0.25) is 0 Å². The molecule has 0 radical (unpaired) electrons. The van der Waals surface area contributed by atoms with E-state index >= 15 is 0 Å². The topological polar surface area (TPSA) is 68.0 Å². The number of nitrogens with two attached hydrogens (primary N) is 1. The van der Waals surface area contributed by atoms with E-state index in [1.54, 1.807) is 12.3 Å². The molecule has 2 aromatic rings. The maximum atomic E-state index is 11.9. The molecule has 0 aliphatic rings. The number of aryl methyl sites for hydroxylation is 1. The van der Waals surface area contributed by atoms with Crippen molar-refractivity contribution in [2.75, 3.05) is 6.54 Å². The van der Waals surface area contributed by atoms with E-state index < -0.39 is 0 Å². The first-order chi connectivity index (χ1) is 9.16. The van der Waals surface area contributed by atoms with Gasteiger partial charge in [0.05, 0.1) is 5.56 Å². The predicted molar refractivity (Wildman–Crippen MR) is 74.7 cm³/mol. The Hall–Kier alpha value is -2.20. The van der Waals surface area contributed by atoms with Crippen LogP contribution in [0.4, 0.5) is 0 Å². The van der Waals surface area contributed by atoms with Gasteiger partial charge in [-0.15, -0.1) is 0 Å². The second kappa shape index (κ2) is 6.11. The van der Waals surface area contributed by atoms with Crippen LogP contribution >= 0.6 is 0 Å². The molecular formula is C15H17N3O. The summed E-state index contributed by atoms with van der Waals surface area (Å²) >= 11 is 0. The molecule has 1 heterocycles. The quantitative estimate of drug-likeness (QED) is 0.875. The highest BCUT2D eigenvalue weighted by Crippen LogP contribution is 2.08. The smallest absolute Gasteiger partial charge is 0.252 e. The van der Waals surface area contributed by atoms with Crippen LogP contribution < -0.4 is 11.1 Å². The van der Waals surface area contributed by atoms with Crippen molar-refractivity contribution in [3.63, 3.8) is 0 Å². The van der Waals surface area contributed by atoms with Crippen molar-refractivity contribution in [3.8, 4) is 0 Å². The highest BCUT2D eigenvalue weighted by atomic mass is 16.1. The Labute approximate surface area is 112 Å². The van der Waals surface area contributed by atoms with Gasteiger partial charge in [-0.25, -0.2) is 0 Å². The van der Waals surface area contributed by atoms with Crippen molar-refractivity contribution in [3.05, 3.63) is 65.5 Å². The fourth-order valence-corrected chi connectivity index (χ4v) is 1.72. The average molecular weight is 255 g/mol. The van der Waals surface area contributed by atoms with Crippen LogP contribution in [-0.2, 0) is 0 Å². The first-order valence-electron chi connectivity index (χ1n) is 6.18. The summed E-state index contributed by atoms with van der Waals surface area (Å²) in [5.41, 5.74) is 8.45. The Bertz CT molecular complexity index is 537. The largest absolute Gasteiger partial charge is 0.350 e. The van der Waals surface area contributed by atoms with Crippen LogP contribution in [0, 0.1) is 6.92 Å². The summed E-state index contributed by atoms with van der Waals surface area (Å²) in [4.78, 5) is 16.0. The van der Waals surface area contributed by atoms with Gasteiger partial charge in [-0.3, -0.25) is 9.78 Å². The van der Waals surface area contributed by atoms with Gasteiger partial charge in [0, 0.05) is 24.5 Å². The maximum Gasteiger partial charge on any atom is 0.252 e. The van der Waals surface area contributed by atoms with E-state index in [9.17, 15) is 4.79 Å². The number of rotatable bonds is 4. The van der Waals surface area contributed by atoms with Crippen LogP contribution in [0.5, 0.6) is 0 Å². The SMILES string of the molecule is Cc1ccc(C(=O)NCC(N)c2ccccc2)cn1. The Morgan fingerprint density at radius 3 is 2.63 bits per heavy atom. The van der Waals surface area contributed by atoms with Crippen LogP contribution in [0.1, 0.15) is 27.7 Å². The van der Waals surface area contributed by atoms with Crippen molar-refractivity contribution in [1.82, 2.24) is 10.3 Å². The average Bonchev–Trinajstić information content (AvgIpc) is 2.46. The molecule has 1 aromatic heterocycles. The number of amides is 1. The van der Waals surface area contributed by atoms with Crippen LogP contribution in [-0.4, -0.2) is 17.4 Å². The molecule has 0 bridgehead atoms. The first kappa shape index (κ1) is 13.2. The van der Waals surface area contributed by atoms with Gasteiger partial charge < -0.3 is 11.1 Å². The second-order valence-corrected chi connectivity index (χ2v) is 4.42. The Balaban J connectivity index is 1.92. The van der Waals surface area contributed by atoms with E-state index in [0.717, 1.165) is 11.3 Å². The molecule has 0 fully saturated rings. The lowest BCUT2D eigenvalue weighted by Gasteiger charge is -2.13. The monoisotopic (exact) mass is 255 g/mol. The zero-order valence-electron chi connectivity index (χ0n) is 10.8. The zero-order valence-corrected chi connectivity index (χ0v) is 10.8. The third-order valence-corrected chi connectivity index (χ3v) is 2.88. The molecule has 1 aromatic carbocycles. The summed E-state index contributed by atoms with van der Waals surface area (Å²) in [5, 5.41) is 2.81. The number of carbonyl (C=O) groups is 1. The fourth-order valence-electron chi connectivity index (χ4n) is 1.72. The molecule has 0 aliphatic carbocycles. The number of nitrogens with one attached hydrogen (secondary N) is 1. The van der Waals surface area contributed by atoms with Crippen molar-refractivity contribution < 1.29 is 4.79 Å². The Kier molecular flexibility index (Phi) is 4.26. The summed E-state index contributed by atoms with van der Waals surface area (Å²) in [7, 11) is 0. The van der Waals surface area contributed by atoms with E-state index in [1.165, 1.54) is 0 Å². The molecule has 1 amide bonds. The third kappa shape index (κ3) is 3.63. The molecule has 19 heavy (non-hydrogen) atoms. The molecule has 0 aliphatic heterocycles. The number of aromatic nitrogens is 1. The van der Waals surface area contributed by atoms with Gasteiger partial charge in [-0.2, -0.15) is 0 Å². The van der Waals surface area contributed by atoms with Gasteiger partial charge >= 0.3 is 0 Å². The van der Waals surface area contributed by atoms with Crippen LogP contribution in [0.3, 0.4) is 0 Å². The van der Waals surface area contributed by atoms with Crippen molar-refractivity contribution >= 4 is 5.91 Å².